The number of amides is 1. The molecule has 0 unspecified atom stereocenters. The third-order valence-electron chi connectivity index (χ3n) is 2.78. The maximum atomic E-state index is 11.8. The molecule has 1 saturated heterocycles. The summed E-state index contributed by atoms with van der Waals surface area (Å²) in [7, 11) is 0. The van der Waals surface area contributed by atoms with Crippen molar-refractivity contribution in [2.24, 2.45) is 5.92 Å². The molecule has 2 aliphatic heterocycles. The van der Waals surface area contributed by atoms with Crippen LogP contribution in [-0.4, -0.2) is 33.4 Å². The van der Waals surface area contributed by atoms with Crippen molar-refractivity contribution in [1.82, 2.24) is 4.90 Å². The van der Waals surface area contributed by atoms with Crippen molar-refractivity contribution in [3.8, 4) is 6.07 Å². The van der Waals surface area contributed by atoms with E-state index in [2.05, 4.69) is 0 Å². The fraction of sp³-hybridized carbons (Fsp3) is 0.364. The average Bonchev–Trinajstić information content (AvgIpc) is 2.64. The van der Waals surface area contributed by atoms with E-state index in [-0.39, 0.29) is 57.1 Å². The van der Waals surface area contributed by atoms with Crippen molar-refractivity contribution in [2.45, 2.75) is 18.4 Å². The first-order valence-corrected chi connectivity index (χ1v) is 7.09. The number of aliphatic hydroxyl groups excluding tert-OH is 1. The number of rotatable bonds is 4. The van der Waals surface area contributed by atoms with E-state index in [0.29, 0.717) is 4.24 Å². The Morgan fingerprint density at radius 1 is 1.70 bits per heavy atom. The number of carboxylic acid groups (broad SMARTS) is 1. The second kappa shape index (κ2) is 7.46. The molecule has 0 aromatic carbocycles. The number of aliphatic hydroxyl groups is 1. The average molecular weight is 336 g/mol. The molecule has 2 rings (SSSR count). The zero-order chi connectivity index (χ0) is 14.2. The number of aliphatic carboxylic acids is 1. The van der Waals surface area contributed by atoms with Gasteiger partial charge in [0.05, 0.1) is 34.0 Å². The summed E-state index contributed by atoms with van der Waals surface area (Å²) < 4.78 is 0.396. The summed E-state index contributed by atoms with van der Waals surface area (Å²) in [6.45, 7) is 1.50. The van der Waals surface area contributed by atoms with Crippen molar-refractivity contribution >= 4 is 35.4 Å². The van der Waals surface area contributed by atoms with Gasteiger partial charge in [0.15, 0.2) is 0 Å². The Morgan fingerprint density at radius 2 is 2.35 bits per heavy atom. The largest absolute Gasteiger partial charge is 1.00 e. The maximum absolute atomic E-state index is 11.8. The summed E-state index contributed by atoms with van der Waals surface area (Å²) in [6.07, 6.45) is 0.387. The number of β-lactam (4-membered cyclic amide) rings is 1. The zero-order valence-corrected chi connectivity index (χ0v) is 15.5. The quantitative estimate of drug-likeness (QED) is 0.324. The number of thioether (sulfide) groups is 2. The van der Waals surface area contributed by atoms with Gasteiger partial charge in [-0.05, 0) is 12.3 Å². The van der Waals surface area contributed by atoms with Crippen LogP contribution in [0.15, 0.2) is 21.4 Å². The predicted octanol–water partition coefficient (Wildman–Crippen LogP) is -3.41. The molecule has 0 aliphatic carbocycles. The molecule has 2 heterocycles. The molecule has 100 valence electrons. The van der Waals surface area contributed by atoms with E-state index < -0.39 is 29.3 Å². The monoisotopic (exact) mass is 336 g/mol. The van der Waals surface area contributed by atoms with E-state index >= 15 is 0 Å². The van der Waals surface area contributed by atoms with Gasteiger partial charge >= 0.3 is 51.4 Å². The van der Waals surface area contributed by atoms with Crippen molar-refractivity contribution < 1.29 is 71.2 Å². The summed E-state index contributed by atoms with van der Waals surface area (Å²) in [5, 5.41) is 30.1. The van der Waals surface area contributed by atoms with Gasteiger partial charge in [-0.3, -0.25) is 9.69 Å². The SMILES string of the molecule is C[C@@H](O)[C@H]1C(=O)N2C(C(=O)[O-])=C(S/C=C\C#N)S[C@H]12.[K+]. The van der Waals surface area contributed by atoms with Crippen molar-refractivity contribution in [1.29, 1.82) is 5.26 Å². The molecule has 0 aromatic heterocycles. The minimum atomic E-state index is -1.43. The summed E-state index contributed by atoms with van der Waals surface area (Å²) in [6, 6.07) is 1.79. The van der Waals surface area contributed by atoms with Crippen molar-refractivity contribution in [3.05, 3.63) is 21.4 Å². The maximum Gasteiger partial charge on any atom is 1.00 e. The first-order valence-electron chi connectivity index (χ1n) is 5.33. The number of allylic oxidation sites excluding steroid dienone is 1. The Labute approximate surface area is 166 Å². The van der Waals surface area contributed by atoms with Crippen LogP contribution in [0.1, 0.15) is 6.92 Å². The summed E-state index contributed by atoms with van der Waals surface area (Å²) in [4.78, 5) is 24.1. The first kappa shape index (κ1) is 18.3. The van der Waals surface area contributed by atoms with E-state index in [4.69, 9.17) is 5.26 Å². The second-order valence-electron chi connectivity index (χ2n) is 3.96. The van der Waals surface area contributed by atoms with Gasteiger partial charge in [-0.15, -0.1) is 0 Å². The minimum absolute atomic E-state index is 0. The van der Waals surface area contributed by atoms with Gasteiger partial charge in [0.1, 0.15) is 5.37 Å². The van der Waals surface area contributed by atoms with E-state index in [0.717, 1.165) is 16.7 Å². The molecular formula is C11H9KN2O4S2. The molecule has 0 radical (unpaired) electrons. The standard InChI is InChI=1S/C11H10N2O4S2.K/c1-5(14)6-8(15)13-7(10(16)17)11(19-9(6)13)18-4-2-3-12;/h2,4-6,9,14H,1H3,(H,16,17);/q;+1/p-1/b4-2-;/t5-,6+,9-;/m1./s1. The Balaban J connectivity index is 0.00000200. The zero-order valence-electron chi connectivity index (χ0n) is 10.8. The smallest absolute Gasteiger partial charge is 0.543 e. The first-order chi connectivity index (χ1) is 8.99. The van der Waals surface area contributed by atoms with Gasteiger partial charge in [0, 0.05) is 6.08 Å². The fourth-order valence-electron chi connectivity index (χ4n) is 1.95. The summed E-state index contributed by atoms with van der Waals surface area (Å²) in [5.41, 5.74) is -0.176. The third-order valence-corrected chi connectivity index (χ3v) is 5.19. The van der Waals surface area contributed by atoms with Crippen LogP contribution < -0.4 is 56.5 Å². The van der Waals surface area contributed by atoms with Crippen LogP contribution in [0.2, 0.25) is 0 Å². The minimum Gasteiger partial charge on any atom is -0.543 e. The molecule has 1 amide bonds. The summed E-state index contributed by atoms with van der Waals surface area (Å²) >= 11 is 2.25. The van der Waals surface area contributed by atoms with Gasteiger partial charge in [0.2, 0.25) is 5.91 Å². The van der Waals surface area contributed by atoms with Crippen LogP contribution in [0.4, 0.5) is 0 Å². The number of hydrogen-bond donors (Lipinski definition) is 1. The van der Waals surface area contributed by atoms with E-state index in [1.807, 2.05) is 0 Å². The van der Waals surface area contributed by atoms with Crippen LogP contribution in [0.25, 0.3) is 0 Å². The number of hydrogen-bond acceptors (Lipinski definition) is 7. The summed E-state index contributed by atoms with van der Waals surface area (Å²) in [5.74, 6) is -2.44. The molecular weight excluding hydrogens is 327 g/mol. The van der Waals surface area contributed by atoms with Gasteiger partial charge in [0.25, 0.3) is 0 Å². The molecule has 3 atom stereocenters. The fourth-order valence-corrected chi connectivity index (χ4v) is 4.50. The van der Waals surface area contributed by atoms with E-state index in [1.165, 1.54) is 30.2 Å². The molecule has 2 aliphatic rings. The molecule has 1 fully saturated rings. The van der Waals surface area contributed by atoms with Crippen LogP contribution in [0, 0.1) is 17.2 Å². The Bertz CT molecular complexity index is 541. The predicted molar refractivity (Wildman–Crippen MR) is 67.8 cm³/mol. The number of carboxylic acids is 1. The molecule has 9 heteroatoms. The Kier molecular flexibility index (Phi) is 6.81. The van der Waals surface area contributed by atoms with Crippen LogP contribution in [0.3, 0.4) is 0 Å². The normalized spacial score (nSPS) is 25.9. The van der Waals surface area contributed by atoms with E-state index in [1.54, 1.807) is 6.07 Å². The van der Waals surface area contributed by atoms with Gasteiger partial charge < -0.3 is 15.0 Å². The number of carbonyl (C=O) groups excluding carboxylic acids is 2. The topological polar surface area (TPSA) is 104 Å². The van der Waals surface area contributed by atoms with Crippen molar-refractivity contribution in [2.75, 3.05) is 0 Å². The Morgan fingerprint density at radius 3 is 2.85 bits per heavy atom. The number of nitrogens with zero attached hydrogens (tertiary/aromatic N) is 2. The molecule has 0 bridgehead atoms. The van der Waals surface area contributed by atoms with Crippen LogP contribution in [-0.2, 0) is 9.59 Å². The molecule has 20 heavy (non-hydrogen) atoms. The number of fused-ring (bicyclic) bond motifs is 1. The Hall–Kier alpha value is 0.206. The van der Waals surface area contributed by atoms with Crippen LogP contribution >= 0.6 is 23.5 Å². The number of nitriles is 1. The molecule has 0 saturated carbocycles. The van der Waals surface area contributed by atoms with Gasteiger partial charge in [-0.25, -0.2) is 0 Å². The number of carbonyl (C=O) groups is 2. The molecule has 6 nitrogen and oxygen atoms in total. The third kappa shape index (κ3) is 3.17. The van der Waals surface area contributed by atoms with Crippen molar-refractivity contribution in [3.63, 3.8) is 0 Å². The molecule has 1 N–H and O–H groups in total. The molecule has 0 spiro atoms. The van der Waals surface area contributed by atoms with Gasteiger partial charge in [-0.1, -0.05) is 23.5 Å². The molecule has 0 aromatic rings. The van der Waals surface area contributed by atoms with E-state index in [9.17, 15) is 19.8 Å². The van der Waals surface area contributed by atoms with Gasteiger partial charge in [-0.2, -0.15) is 5.26 Å². The van der Waals surface area contributed by atoms with Crippen LogP contribution in [0.5, 0.6) is 0 Å². The second-order valence-corrected chi connectivity index (χ2v) is 6.26.